The third-order valence-corrected chi connectivity index (χ3v) is 8.25. The molecule has 216 valence electrons. The summed E-state index contributed by atoms with van der Waals surface area (Å²) in [4.78, 5) is 53.0. The van der Waals surface area contributed by atoms with Crippen LogP contribution in [0, 0.1) is 0 Å². The van der Waals surface area contributed by atoms with Gasteiger partial charge in [0, 0.05) is 33.1 Å². The van der Waals surface area contributed by atoms with Crippen molar-refractivity contribution < 1.29 is 33.3 Å². The highest BCUT2D eigenvalue weighted by Gasteiger charge is 2.51. The lowest BCUT2D eigenvalue weighted by Crippen LogP contribution is -2.40. The molecule has 1 fully saturated rings. The molecular formula is C25H25ClN6O7S2. The zero-order valence-corrected chi connectivity index (χ0v) is 24.5. The Morgan fingerprint density at radius 2 is 1.83 bits per heavy atom. The van der Waals surface area contributed by atoms with Crippen molar-refractivity contribution in [3.63, 3.8) is 0 Å². The number of anilines is 1. The van der Waals surface area contributed by atoms with Gasteiger partial charge in [-0.25, -0.2) is 9.97 Å². The van der Waals surface area contributed by atoms with Crippen LogP contribution in [0.25, 0.3) is 21.4 Å². The van der Waals surface area contributed by atoms with Crippen LogP contribution in [-0.4, -0.2) is 79.6 Å². The Hall–Kier alpha value is -3.53. The number of imidazole rings is 1. The van der Waals surface area contributed by atoms with E-state index in [2.05, 4.69) is 25.3 Å². The van der Waals surface area contributed by atoms with Crippen molar-refractivity contribution in [1.82, 2.24) is 24.5 Å². The first-order valence-corrected chi connectivity index (χ1v) is 14.6. The summed E-state index contributed by atoms with van der Waals surface area (Å²) in [6.07, 6.45) is -2.67. The fraction of sp³-hybridized carbons (Fsp3) is 0.400. The van der Waals surface area contributed by atoms with Gasteiger partial charge in [-0.05, 0) is 23.7 Å². The van der Waals surface area contributed by atoms with Crippen LogP contribution in [0.15, 0.2) is 34.9 Å². The van der Waals surface area contributed by atoms with Gasteiger partial charge in [-0.1, -0.05) is 23.9 Å². The van der Waals surface area contributed by atoms with Crippen LogP contribution in [-0.2, 0) is 33.3 Å². The zero-order valence-electron chi connectivity index (χ0n) is 22.1. The third kappa shape index (κ3) is 6.69. The topological polar surface area (TPSA) is 157 Å². The largest absolute Gasteiger partial charge is 0.463 e. The molecule has 4 heterocycles. The van der Waals surface area contributed by atoms with Crippen LogP contribution >= 0.6 is 34.7 Å². The van der Waals surface area contributed by atoms with Crippen LogP contribution in [0.1, 0.15) is 27.0 Å². The predicted octanol–water partition coefficient (Wildman–Crippen LogP) is 3.62. The van der Waals surface area contributed by atoms with Gasteiger partial charge in [0.25, 0.3) is 0 Å². The number of nitrogens with zero attached hydrogens (tertiary/aromatic N) is 5. The molecule has 1 N–H and O–H groups in total. The number of thiazole rings is 1. The van der Waals surface area contributed by atoms with Gasteiger partial charge in [0.05, 0.1) is 16.5 Å². The van der Waals surface area contributed by atoms with E-state index in [1.54, 1.807) is 23.1 Å². The number of nitrogens with one attached hydrogen (secondary N) is 1. The highest BCUT2D eigenvalue weighted by Crippen LogP contribution is 2.37. The minimum atomic E-state index is -1.09. The van der Waals surface area contributed by atoms with Crippen molar-refractivity contribution in [3.05, 3.63) is 35.9 Å². The van der Waals surface area contributed by atoms with Crippen LogP contribution in [0.5, 0.6) is 0 Å². The Kier molecular flexibility index (Phi) is 8.87. The quantitative estimate of drug-likeness (QED) is 0.0902. The third-order valence-electron chi connectivity index (χ3n) is 5.90. The maximum atomic E-state index is 12.0. The van der Waals surface area contributed by atoms with Crippen molar-refractivity contribution in [2.45, 2.75) is 49.7 Å². The van der Waals surface area contributed by atoms with E-state index in [1.807, 2.05) is 24.3 Å². The van der Waals surface area contributed by atoms with Crippen LogP contribution in [0.2, 0.25) is 5.28 Å². The first-order chi connectivity index (χ1) is 19.7. The number of carbonyl (C=O) groups is 3. The Balaban J connectivity index is 1.36. The minimum absolute atomic E-state index is 0.0457. The molecule has 41 heavy (non-hydrogen) atoms. The van der Waals surface area contributed by atoms with Gasteiger partial charge >= 0.3 is 17.9 Å². The molecule has 4 atom stereocenters. The molecule has 1 saturated heterocycles. The molecule has 1 aliphatic rings. The Morgan fingerprint density at radius 1 is 1.07 bits per heavy atom. The summed E-state index contributed by atoms with van der Waals surface area (Å²) < 4.78 is 25.8. The molecule has 1 aromatic carbocycles. The molecule has 4 aromatic rings. The summed E-state index contributed by atoms with van der Waals surface area (Å²) in [7, 11) is 0. The number of carbonyl (C=O) groups excluding carboxylic acids is 3. The lowest BCUT2D eigenvalue weighted by atomic mass is 10.1. The van der Waals surface area contributed by atoms with Crippen LogP contribution in [0.4, 0.5) is 5.82 Å². The average Bonchev–Trinajstić information content (AvgIpc) is 3.60. The van der Waals surface area contributed by atoms with Gasteiger partial charge in [-0.3, -0.25) is 19.0 Å². The highest BCUT2D eigenvalue weighted by molar-refractivity contribution is 8.01. The second kappa shape index (κ2) is 12.5. The number of aromatic nitrogens is 5. The first kappa shape index (κ1) is 29.0. The molecule has 3 aromatic heterocycles. The van der Waals surface area contributed by atoms with E-state index in [0.717, 1.165) is 14.6 Å². The number of para-hydroxylation sites is 1. The first-order valence-electron chi connectivity index (χ1n) is 12.4. The number of hydrogen-bond donors (Lipinski definition) is 1. The standard InChI is InChI=1S/C25H25ClN6O7S2/c1-12(33)36-10-16-19(37-13(2)34)20(38-14(3)35)23(39-16)32-11-28-18-21(30-24(26)31-22(18)32)27-8-9-40-25-29-15-6-4-5-7-17(15)41-25/h4-7,11,16,19-20,23H,8-10H2,1-3H3,(H,27,30,31)/t16-,19?,20?,23-/m1/s1. The SMILES string of the molecule is CC(=O)OC[C@H]1O[C@@H](n2cnc3c(NCCSc4nc5ccccc5s4)nc(Cl)nc32)C(OC(C)=O)C1OC(C)=O. The summed E-state index contributed by atoms with van der Waals surface area (Å²) in [5, 5.41) is 3.20. The summed E-state index contributed by atoms with van der Waals surface area (Å²) in [6.45, 7) is 3.98. The minimum Gasteiger partial charge on any atom is -0.463 e. The zero-order chi connectivity index (χ0) is 29.1. The Labute approximate surface area is 246 Å². The summed E-state index contributed by atoms with van der Waals surface area (Å²) in [5.74, 6) is -0.698. The van der Waals surface area contributed by atoms with E-state index in [1.165, 1.54) is 31.7 Å². The summed E-state index contributed by atoms with van der Waals surface area (Å²) >= 11 is 9.52. The van der Waals surface area contributed by atoms with Crippen LogP contribution < -0.4 is 5.32 Å². The van der Waals surface area contributed by atoms with Gasteiger partial charge < -0.3 is 24.3 Å². The Morgan fingerprint density at radius 3 is 2.56 bits per heavy atom. The maximum absolute atomic E-state index is 12.0. The number of thioether (sulfide) groups is 1. The number of ether oxygens (including phenoxy) is 4. The van der Waals surface area contributed by atoms with Gasteiger partial charge in [-0.2, -0.15) is 9.97 Å². The molecule has 0 spiro atoms. The van der Waals surface area contributed by atoms with Crippen molar-refractivity contribution >= 4 is 79.8 Å². The molecule has 0 aliphatic carbocycles. The molecule has 0 amide bonds. The van der Waals surface area contributed by atoms with Crippen LogP contribution in [0.3, 0.4) is 0 Å². The number of benzene rings is 1. The fourth-order valence-electron chi connectivity index (χ4n) is 4.34. The average molecular weight is 621 g/mol. The molecule has 1 aliphatic heterocycles. The van der Waals surface area contributed by atoms with E-state index < -0.39 is 42.4 Å². The van der Waals surface area contributed by atoms with E-state index in [4.69, 9.17) is 30.5 Å². The molecule has 0 bridgehead atoms. The molecule has 5 rings (SSSR count). The summed E-state index contributed by atoms with van der Waals surface area (Å²) in [5.41, 5.74) is 1.66. The molecule has 0 saturated carbocycles. The maximum Gasteiger partial charge on any atom is 0.303 e. The number of halogens is 1. The van der Waals surface area contributed by atoms with Gasteiger partial charge in [0.2, 0.25) is 5.28 Å². The number of esters is 3. The number of hydrogen-bond acceptors (Lipinski definition) is 14. The molecular weight excluding hydrogens is 596 g/mol. The molecule has 0 radical (unpaired) electrons. The number of fused-ring (bicyclic) bond motifs is 2. The smallest absolute Gasteiger partial charge is 0.303 e. The van der Waals surface area contributed by atoms with E-state index in [-0.39, 0.29) is 11.9 Å². The second-order valence-electron chi connectivity index (χ2n) is 8.90. The predicted molar refractivity (Wildman–Crippen MR) is 151 cm³/mol. The van der Waals surface area contributed by atoms with Crippen molar-refractivity contribution in [1.29, 1.82) is 0 Å². The monoisotopic (exact) mass is 620 g/mol. The lowest BCUT2D eigenvalue weighted by Gasteiger charge is -2.23. The van der Waals surface area contributed by atoms with Crippen molar-refractivity contribution in [2.75, 3.05) is 24.2 Å². The van der Waals surface area contributed by atoms with E-state index in [0.29, 0.717) is 29.3 Å². The fourth-order valence-corrected chi connectivity index (χ4v) is 6.50. The molecule has 2 unspecified atom stereocenters. The normalized spacial score (nSPS) is 20.3. The van der Waals surface area contributed by atoms with Crippen molar-refractivity contribution in [3.8, 4) is 0 Å². The lowest BCUT2D eigenvalue weighted by molar-refractivity contribution is -0.166. The van der Waals surface area contributed by atoms with E-state index in [9.17, 15) is 14.4 Å². The van der Waals surface area contributed by atoms with Gasteiger partial charge in [0.1, 0.15) is 12.7 Å². The van der Waals surface area contributed by atoms with E-state index >= 15 is 0 Å². The Bertz CT molecular complexity index is 1560. The summed E-state index contributed by atoms with van der Waals surface area (Å²) in [6, 6.07) is 7.97. The van der Waals surface area contributed by atoms with Crippen molar-refractivity contribution in [2.24, 2.45) is 0 Å². The van der Waals surface area contributed by atoms with Gasteiger partial charge in [-0.15, -0.1) is 11.3 Å². The molecule has 13 nitrogen and oxygen atoms in total. The second-order valence-corrected chi connectivity index (χ2v) is 11.6. The highest BCUT2D eigenvalue weighted by atomic mass is 35.5. The van der Waals surface area contributed by atoms with Gasteiger partial charge in [0.15, 0.2) is 39.8 Å². The number of rotatable bonds is 10. The molecule has 16 heteroatoms.